The molecule has 0 spiro atoms. The normalized spacial score (nSPS) is 24.2. The molecule has 3 rings (SSSR count). The lowest BCUT2D eigenvalue weighted by atomic mass is 9.88. The fourth-order valence-corrected chi connectivity index (χ4v) is 4.30. The minimum Gasteiger partial charge on any atom is -0.491 e. The van der Waals surface area contributed by atoms with Gasteiger partial charge < -0.3 is 20.3 Å². The highest BCUT2D eigenvalue weighted by Gasteiger charge is 2.42. The van der Waals surface area contributed by atoms with Crippen molar-refractivity contribution in [1.82, 2.24) is 9.80 Å². The number of hydrogen-bond acceptors (Lipinski definition) is 4. The molecule has 1 saturated heterocycles. The van der Waals surface area contributed by atoms with Crippen molar-refractivity contribution in [2.24, 2.45) is 17.6 Å². The van der Waals surface area contributed by atoms with Gasteiger partial charge in [-0.15, -0.1) is 12.4 Å². The molecule has 1 heterocycles. The van der Waals surface area contributed by atoms with E-state index in [1.54, 1.807) is 28.0 Å². The third-order valence-corrected chi connectivity index (χ3v) is 5.84. The van der Waals surface area contributed by atoms with E-state index in [1.807, 2.05) is 14.1 Å². The van der Waals surface area contributed by atoms with Crippen LogP contribution in [-0.2, 0) is 4.79 Å². The summed E-state index contributed by atoms with van der Waals surface area (Å²) in [4.78, 5) is 28.6. The van der Waals surface area contributed by atoms with Gasteiger partial charge in [0.05, 0.1) is 5.56 Å². The number of nitrogens with zero attached hydrogens (tertiary/aromatic N) is 2. The molecule has 2 amide bonds. The lowest BCUT2D eigenvalue weighted by molar-refractivity contribution is -0.134. The first kappa shape index (κ1) is 21.8. The van der Waals surface area contributed by atoms with Gasteiger partial charge in [-0.25, -0.2) is 0 Å². The van der Waals surface area contributed by atoms with Gasteiger partial charge in [-0.05, 0) is 42.9 Å². The summed E-state index contributed by atoms with van der Waals surface area (Å²) in [5.74, 6) is 1.43. The fraction of sp³-hybridized carbons (Fsp3) is 0.579. The lowest BCUT2D eigenvalue weighted by Crippen LogP contribution is -2.40. The van der Waals surface area contributed by atoms with E-state index in [0.29, 0.717) is 47.7 Å². The highest BCUT2D eigenvalue weighted by molar-refractivity contribution is 6.31. The predicted molar refractivity (Wildman–Crippen MR) is 108 cm³/mol. The van der Waals surface area contributed by atoms with Crippen LogP contribution in [0.15, 0.2) is 18.2 Å². The Morgan fingerprint density at radius 1 is 1.37 bits per heavy atom. The molecule has 2 N–H and O–H groups in total. The first-order valence-electron chi connectivity index (χ1n) is 9.04. The van der Waals surface area contributed by atoms with Crippen LogP contribution in [-0.4, -0.2) is 61.4 Å². The molecule has 3 atom stereocenters. The smallest absolute Gasteiger partial charge is 0.257 e. The molecule has 2 aliphatic rings. The van der Waals surface area contributed by atoms with Crippen molar-refractivity contribution in [3.63, 3.8) is 0 Å². The lowest BCUT2D eigenvalue weighted by Gasteiger charge is -2.31. The van der Waals surface area contributed by atoms with Gasteiger partial charge in [0.2, 0.25) is 5.91 Å². The van der Waals surface area contributed by atoms with Gasteiger partial charge in [-0.3, -0.25) is 9.59 Å². The molecule has 1 aromatic carbocycles. The average molecular weight is 416 g/mol. The average Bonchev–Trinajstić information content (AvgIpc) is 3.02. The summed E-state index contributed by atoms with van der Waals surface area (Å²) in [6, 6.07) is 5.18. The molecule has 8 heteroatoms. The molecular weight excluding hydrogens is 389 g/mol. The van der Waals surface area contributed by atoms with Crippen molar-refractivity contribution >= 4 is 35.8 Å². The minimum atomic E-state index is -0.108. The summed E-state index contributed by atoms with van der Waals surface area (Å²) in [5, 5.41) is 0.495. The van der Waals surface area contributed by atoms with Crippen molar-refractivity contribution in [2.75, 3.05) is 33.8 Å². The number of carbonyl (C=O) groups excluding carboxylic acids is 2. The molecule has 0 aromatic heterocycles. The number of nitrogens with two attached hydrogens (primary N) is 1. The molecule has 0 radical (unpaired) electrons. The zero-order valence-corrected chi connectivity index (χ0v) is 17.3. The maximum absolute atomic E-state index is 13.1. The molecular formula is C19H27Cl2N3O3. The Labute approximate surface area is 171 Å². The molecule has 6 nitrogen and oxygen atoms in total. The van der Waals surface area contributed by atoms with Gasteiger partial charge in [-0.2, -0.15) is 0 Å². The fourth-order valence-electron chi connectivity index (χ4n) is 4.12. The number of piperidine rings is 1. The monoisotopic (exact) mass is 415 g/mol. The number of hydrogen-bond donors (Lipinski definition) is 1. The zero-order valence-electron chi connectivity index (χ0n) is 15.7. The molecule has 0 unspecified atom stereocenters. The van der Waals surface area contributed by atoms with Crippen LogP contribution in [0.5, 0.6) is 5.75 Å². The van der Waals surface area contributed by atoms with E-state index in [-0.39, 0.29) is 30.3 Å². The van der Waals surface area contributed by atoms with Crippen molar-refractivity contribution in [2.45, 2.75) is 25.3 Å². The maximum atomic E-state index is 13.1. The second-order valence-corrected chi connectivity index (χ2v) is 7.75. The van der Waals surface area contributed by atoms with Gasteiger partial charge in [0.1, 0.15) is 12.4 Å². The number of benzene rings is 1. The second-order valence-electron chi connectivity index (χ2n) is 7.32. The first-order valence-corrected chi connectivity index (χ1v) is 9.42. The molecule has 0 bridgehead atoms. The summed E-state index contributed by atoms with van der Waals surface area (Å²) < 4.78 is 5.62. The Morgan fingerprint density at radius 2 is 2.07 bits per heavy atom. The van der Waals surface area contributed by atoms with Crippen LogP contribution in [0.25, 0.3) is 0 Å². The van der Waals surface area contributed by atoms with E-state index in [4.69, 9.17) is 22.1 Å². The number of amides is 2. The highest BCUT2D eigenvalue weighted by atomic mass is 35.5. The Hall–Kier alpha value is -1.50. The van der Waals surface area contributed by atoms with Crippen molar-refractivity contribution < 1.29 is 14.3 Å². The Morgan fingerprint density at radius 3 is 2.78 bits per heavy atom. The zero-order chi connectivity index (χ0) is 18.8. The predicted octanol–water partition coefficient (Wildman–Crippen LogP) is 2.43. The molecule has 1 aliphatic carbocycles. The molecule has 1 aromatic rings. The Bertz CT molecular complexity index is 701. The quantitative estimate of drug-likeness (QED) is 0.800. The van der Waals surface area contributed by atoms with Crippen LogP contribution in [0.3, 0.4) is 0 Å². The Kier molecular flexibility index (Phi) is 7.37. The van der Waals surface area contributed by atoms with Gasteiger partial charge in [0, 0.05) is 44.7 Å². The summed E-state index contributed by atoms with van der Waals surface area (Å²) in [5.41, 5.74) is 5.96. The van der Waals surface area contributed by atoms with E-state index in [9.17, 15) is 9.59 Å². The topological polar surface area (TPSA) is 75.9 Å². The van der Waals surface area contributed by atoms with Gasteiger partial charge in [-0.1, -0.05) is 11.6 Å². The van der Waals surface area contributed by atoms with Crippen LogP contribution < -0.4 is 10.5 Å². The van der Waals surface area contributed by atoms with E-state index in [1.165, 1.54) is 0 Å². The number of fused-ring (bicyclic) bond motifs is 1. The third kappa shape index (κ3) is 4.68. The van der Waals surface area contributed by atoms with Crippen molar-refractivity contribution in [1.29, 1.82) is 0 Å². The van der Waals surface area contributed by atoms with Crippen molar-refractivity contribution in [3.05, 3.63) is 28.8 Å². The second kappa shape index (κ2) is 9.13. The SMILES string of the molecule is CN1C[C@H]2C[C@@H](N(C)C(=O)c3cc(Cl)ccc3OCCN)C[C@H]2CC1=O.Cl. The van der Waals surface area contributed by atoms with E-state index in [0.717, 1.165) is 19.4 Å². The summed E-state index contributed by atoms with van der Waals surface area (Å²) >= 11 is 6.10. The largest absolute Gasteiger partial charge is 0.491 e. The van der Waals surface area contributed by atoms with Crippen LogP contribution in [0.4, 0.5) is 0 Å². The van der Waals surface area contributed by atoms with Gasteiger partial charge >= 0.3 is 0 Å². The van der Waals surface area contributed by atoms with Crippen LogP contribution in [0, 0.1) is 11.8 Å². The molecule has 27 heavy (non-hydrogen) atoms. The van der Waals surface area contributed by atoms with Crippen LogP contribution in [0.1, 0.15) is 29.6 Å². The molecule has 150 valence electrons. The summed E-state index contributed by atoms with van der Waals surface area (Å²) in [7, 11) is 3.68. The van der Waals surface area contributed by atoms with Gasteiger partial charge in [0.15, 0.2) is 0 Å². The number of likely N-dealkylation sites (tertiary alicyclic amines) is 1. The third-order valence-electron chi connectivity index (χ3n) is 5.60. The number of ether oxygens (including phenoxy) is 1. The highest BCUT2D eigenvalue weighted by Crippen LogP contribution is 2.40. The summed E-state index contributed by atoms with van der Waals surface area (Å²) in [6.07, 6.45) is 2.37. The van der Waals surface area contributed by atoms with E-state index < -0.39 is 0 Å². The summed E-state index contributed by atoms with van der Waals surface area (Å²) in [6.45, 7) is 1.50. The van der Waals surface area contributed by atoms with E-state index >= 15 is 0 Å². The first-order chi connectivity index (χ1) is 12.4. The standard InChI is InChI=1S/C19H26ClN3O3.ClH/c1-22-11-13-8-15(7-12(13)9-18(22)24)23(2)19(25)16-10-14(20)3-4-17(16)26-6-5-21;/h3-4,10,12-13,15H,5-9,11,21H2,1-2H3;1H/t12-,13+,15-;/m0./s1. The van der Waals surface area contributed by atoms with Crippen LogP contribution >= 0.6 is 24.0 Å². The number of rotatable bonds is 5. The molecule has 1 saturated carbocycles. The minimum absolute atomic E-state index is 0. The molecule has 1 aliphatic heterocycles. The van der Waals surface area contributed by atoms with E-state index in [2.05, 4.69) is 0 Å². The Balaban J connectivity index is 0.00000261. The molecule has 2 fully saturated rings. The van der Waals surface area contributed by atoms with Crippen molar-refractivity contribution in [3.8, 4) is 5.75 Å². The number of carbonyl (C=O) groups is 2. The maximum Gasteiger partial charge on any atom is 0.257 e. The van der Waals surface area contributed by atoms with Gasteiger partial charge in [0.25, 0.3) is 5.91 Å². The van der Waals surface area contributed by atoms with Crippen LogP contribution in [0.2, 0.25) is 5.02 Å². The number of halogens is 2.